The summed E-state index contributed by atoms with van der Waals surface area (Å²) in [5.74, 6) is -2.79. The minimum atomic E-state index is -1.06. The van der Waals surface area contributed by atoms with Crippen LogP contribution in [0.2, 0.25) is 5.02 Å². The van der Waals surface area contributed by atoms with Crippen LogP contribution in [0.25, 0.3) is 0 Å². The highest BCUT2D eigenvalue weighted by molar-refractivity contribution is 6.38. The first kappa shape index (κ1) is 39.6. The van der Waals surface area contributed by atoms with Gasteiger partial charge in [-0.25, -0.2) is 0 Å². The van der Waals surface area contributed by atoms with E-state index in [1.807, 2.05) is 39.8 Å². The van der Waals surface area contributed by atoms with Crippen molar-refractivity contribution in [2.45, 2.75) is 141 Å². The van der Waals surface area contributed by atoms with Gasteiger partial charge in [0.2, 0.25) is 23.5 Å². The molecule has 15 heteroatoms. The number of likely N-dealkylation sites (tertiary alicyclic amines) is 1. The zero-order valence-electron chi connectivity index (χ0n) is 31.9. The summed E-state index contributed by atoms with van der Waals surface area (Å²) >= 11 is 6.29. The summed E-state index contributed by atoms with van der Waals surface area (Å²) in [4.78, 5) is 77.3. The first-order valence-electron chi connectivity index (χ1n) is 19.7. The summed E-state index contributed by atoms with van der Waals surface area (Å²) in [7, 11) is 0. The fourth-order valence-electron chi connectivity index (χ4n) is 8.27. The van der Waals surface area contributed by atoms with Crippen molar-refractivity contribution >= 4 is 46.7 Å². The number of rotatable bonds is 14. The van der Waals surface area contributed by atoms with Crippen LogP contribution in [0.3, 0.4) is 0 Å². The molecule has 1 aromatic rings. The highest BCUT2D eigenvalue weighted by atomic mass is 35.5. The van der Waals surface area contributed by atoms with Crippen molar-refractivity contribution < 1.29 is 28.8 Å². The molecule has 6 rings (SSSR count). The van der Waals surface area contributed by atoms with Gasteiger partial charge in [-0.1, -0.05) is 87.5 Å². The van der Waals surface area contributed by atoms with Crippen LogP contribution in [0.4, 0.5) is 0 Å². The van der Waals surface area contributed by atoms with Crippen LogP contribution < -0.4 is 21.4 Å². The Hall–Kier alpha value is -4.07. The van der Waals surface area contributed by atoms with Crippen molar-refractivity contribution in [1.82, 2.24) is 26.3 Å². The second kappa shape index (κ2) is 16.7. The number of nitrogens with one attached hydrogen (secondary N) is 4. The summed E-state index contributed by atoms with van der Waals surface area (Å²) in [6, 6.07) is 4.06. The second-order valence-corrected chi connectivity index (χ2v) is 17.4. The van der Waals surface area contributed by atoms with E-state index in [0.717, 1.165) is 50.5 Å². The molecular weight excluding hydrogens is 712 g/mol. The summed E-state index contributed by atoms with van der Waals surface area (Å²) in [5, 5.41) is 21.7. The molecule has 4 amide bonds. The van der Waals surface area contributed by atoms with Gasteiger partial charge >= 0.3 is 0 Å². The fourth-order valence-corrected chi connectivity index (χ4v) is 8.46. The molecule has 1 saturated heterocycles. The van der Waals surface area contributed by atoms with E-state index in [-0.39, 0.29) is 49.2 Å². The predicted octanol–water partition coefficient (Wildman–Crippen LogP) is 4.39. The molecule has 4 N–H and O–H groups in total. The van der Waals surface area contributed by atoms with Gasteiger partial charge in [0.05, 0.1) is 30.9 Å². The molecule has 2 saturated carbocycles. The number of oxime groups is 1. The number of nitrogens with zero attached hydrogens (tertiary/aromatic N) is 4. The maximum absolute atomic E-state index is 15.0. The van der Waals surface area contributed by atoms with Crippen molar-refractivity contribution in [3.05, 3.63) is 34.9 Å². The summed E-state index contributed by atoms with van der Waals surface area (Å²) < 4.78 is 0. The number of halogens is 1. The Morgan fingerprint density at radius 1 is 1.07 bits per heavy atom. The van der Waals surface area contributed by atoms with E-state index < -0.39 is 52.6 Å². The van der Waals surface area contributed by atoms with Crippen LogP contribution in [0, 0.1) is 17.3 Å². The van der Waals surface area contributed by atoms with E-state index in [2.05, 4.69) is 36.9 Å². The molecule has 3 aliphatic heterocycles. The maximum atomic E-state index is 15.0. The normalized spacial score (nSPS) is 25.6. The minimum absolute atomic E-state index is 0.0166. The van der Waals surface area contributed by atoms with Crippen LogP contribution in [0.15, 0.2) is 39.8 Å². The summed E-state index contributed by atoms with van der Waals surface area (Å²) in [5.41, 5.74) is 2.65. The third kappa shape index (κ3) is 9.41. The Labute approximate surface area is 322 Å². The number of benzene rings is 1. The molecule has 294 valence electrons. The maximum Gasteiger partial charge on any atom is 0.289 e. The number of carbonyl (C=O) groups excluding carboxylic acids is 5. The van der Waals surface area contributed by atoms with Crippen molar-refractivity contribution in [3.8, 4) is 0 Å². The Morgan fingerprint density at radius 2 is 1.83 bits per heavy atom. The van der Waals surface area contributed by atoms with Gasteiger partial charge in [-0.3, -0.25) is 29.4 Å². The van der Waals surface area contributed by atoms with Gasteiger partial charge in [0.15, 0.2) is 5.60 Å². The Bertz CT molecular complexity index is 1640. The highest BCUT2D eigenvalue weighted by Gasteiger charge is 2.56. The van der Waals surface area contributed by atoms with E-state index in [1.165, 1.54) is 4.90 Å². The minimum Gasteiger partial charge on any atom is -0.387 e. The third-order valence-electron chi connectivity index (χ3n) is 11.4. The zero-order valence-corrected chi connectivity index (χ0v) is 32.6. The molecule has 6 atom stereocenters. The molecule has 0 radical (unpaired) electrons. The van der Waals surface area contributed by atoms with Gasteiger partial charge in [-0.15, -0.1) is 0 Å². The third-order valence-corrected chi connectivity index (χ3v) is 11.7. The van der Waals surface area contributed by atoms with Crippen molar-refractivity contribution in [3.63, 3.8) is 0 Å². The first-order chi connectivity index (χ1) is 25.8. The Morgan fingerprint density at radius 3 is 2.48 bits per heavy atom. The summed E-state index contributed by atoms with van der Waals surface area (Å²) in [6.45, 7) is 8.07. The number of amides is 4. The average Bonchev–Trinajstić information content (AvgIpc) is 3.49. The SMILES string of the molecule is CCC[C@H](NC(=O)[C@@H]1C[C@]2(CC(c3cccc(Cl)c3)=NO2)CN1C(=O)[C@@H](NC(=O)[C@@H](CC1CN=NN1)C1CCCCC1)C(C)(C)C)C(=O)C(=O)NC1CC1. The monoisotopic (exact) mass is 766 g/mol. The number of ketones is 1. The lowest BCUT2D eigenvalue weighted by Crippen LogP contribution is -2.60. The standard InChI is InChI=1S/C39H55ClN8O6/c1-5-10-29(32(49)36(52)42-26-15-16-26)43-35(51)31-20-39(19-30(46-54-39)24-13-9-14-25(40)17-24)22-48(31)37(53)33(38(2,3)4)44-34(50)28(18-27-21-41-47-45-27)23-11-7-6-8-12-23/h9,13-14,17,23,26-29,31,33H,5-8,10-12,15-16,18-22H2,1-4H3,(H,41,45)(H,42,52)(H,43,51)(H,44,50)/t27?,28-,29-,31-,33+,39+/m0/s1. The van der Waals surface area contributed by atoms with Crippen molar-refractivity contribution in [2.75, 3.05) is 13.1 Å². The van der Waals surface area contributed by atoms with Crippen LogP contribution in [0.1, 0.15) is 110 Å². The molecule has 54 heavy (non-hydrogen) atoms. The molecule has 1 unspecified atom stereocenters. The molecule has 3 fully saturated rings. The molecule has 14 nitrogen and oxygen atoms in total. The van der Waals surface area contributed by atoms with Crippen LogP contribution >= 0.6 is 11.6 Å². The van der Waals surface area contributed by atoms with E-state index in [4.69, 9.17) is 16.4 Å². The van der Waals surface area contributed by atoms with Gasteiger partial charge in [0.1, 0.15) is 12.1 Å². The molecule has 0 bridgehead atoms. The summed E-state index contributed by atoms with van der Waals surface area (Å²) in [6.07, 6.45) is 8.51. The lowest BCUT2D eigenvalue weighted by molar-refractivity contribution is -0.146. The van der Waals surface area contributed by atoms with Gasteiger partial charge in [-0.05, 0) is 62.0 Å². The largest absolute Gasteiger partial charge is 0.387 e. The van der Waals surface area contributed by atoms with Crippen LogP contribution in [-0.4, -0.2) is 88.9 Å². The molecule has 1 aromatic carbocycles. The number of hydrogen-bond acceptors (Lipinski definition) is 10. The molecule has 5 aliphatic rings. The van der Waals surface area contributed by atoms with Crippen molar-refractivity contribution in [2.24, 2.45) is 32.7 Å². The fraction of sp³-hybridized carbons (Fsp3) is 0.692. The predicted molar refractivity (Wildman–Crippen MR) is 202 cm³/mol. The highest BCUT2D eigenvalue weighted by Crippen LogP contribution is 2.41. The van der Waals surface area contributed by atoms with E-state index in [9.17, 15) is 24.0 Å². The molecule has 0 aromatic heterocycles. The quantitative estimate of drug-likeness (QED) is 0.203. The van der Waals surface area contributed by atoms with Crippen LogP contribution in [0.5, 0.6) is 0 Å². The number of Topliss-reactive ketones (excluding diaryl/α,β-unsaturated/α-hetero) is 1. The topological polar surface area (TPSA) is 183 Å². The number of hydrogen-bond donors (Lipinski definition) is 4. The van der Waals surface area contributed by atoms with Crippen LogP contribution in [-0.2, 0) is 28.8 Å². The van der Waals surface area contributed by atoms with E-state index >= 15 is 0 Å². The lowest BCUT2D eigenvalue weighted by Gasteiger charge is -2.38. The van der Waals surface area contributed by atoms with Gasteiger partial charge < -0.3 is 25.7 Å². The van der Waals surface area contributed by atoms with E-state index in [1.54, 1.807) is 12.1 Å². The van der Waals surface area contributed by atoms with Crippen molar-refractivity contribution in [1.29, 1.82) is 0 Å². The van der Waals surface area contributed by atoms with Gasteiger partial charge in [-0.2, -0.15) is 5.11 Å². The zero-order chi connectivity index (χ0) is 38.6. The Balaban J connectivity index is 1.26. The first-order valence-corrected chi connectivity index (χ1v) is 20.0. The van der Waals surface area contributed by atoms with Gasteiger partial charge in [0, 0.05) is 35.4 Å². The smallest absolute Gasteiger partial charge is 0.289 e. The molecule has 2 aliphatic carbocycles. The molecular formula is C39H55ClN8O6. The number of carbonyl (C=O) groups is 5. The lowest BCUT2D eigenvalue weighted by atomic mass is 9.76. The average molecular weight is 767 g/mol. The Kier molecular flexibility index (Phi) is 12.3. The van der Waals surface area contributed by atoms with Gasteiger partial charge in [0.25, 0.3) is 5.91 Å². The van der Waals surface area contributed by atoms with E-state index in [0.29, 0.717) is 36.5 Å². The second-order valence-electron chi connectivity index (χ2n) is 16.9. The molecule has 1 spiro atoms. The molecule has 3 heterocycles.